The number of hydrazone groups is 1. The van der Waals surface area contributed by atoms with Gasteiger partial charge in [0.05, 0.1) is 11.4 Å². The lowest BCUT2D eigenvalue weighted by molar-refractivity contribution is -0.426. The van der Waals surface area contributed by atoms with Crippen molar-refractivity contribution in [1.82, 2.24) is 20.7 Å². The van der Waals surface area contributed by atoms with E-state index in [2.05, 4.69) is 17.0 Å². The number of hydrogen-bond donors (Lipinski definition) is 3. The van der Waals surface area contributed by atoms with Gasteiger partial charge in [0.15, 0.2) is 12.0 Å². The smallest absolute Gasteiger partial charge is 0.324 e. The molecule has 13 heteroatoms. The molecular formula is C22H31N5O8. The highest BCUT2D eigenvalue weighted by Crippen LogP contribution is 2.27. The summed E-state index contributed by atoms with van der Waals surface area (Å²) in [6.45, 7) is 8.50. The summed E-state index contributed by atoms with van der Waals surface area (Å²) in [7, 11) is 1.56. The Morgan fingerprint density at radius 2 is 1.94 bits per heavy atom. The van der Waals surface area contributed by atoms with E-state index in [0.717, 1.165) is 16.6 Å². The summed E-state index contributed by atoms with van der Waals surface area (Å²) < 4.78 is 11.0. The lowest BCUT2D eigenvalue weighted by Gasteiger charge is -2.33. The van der Waals surface area contributed by atoms with Crippen LogP contribution in [0.4, 0.5) is 0 Å². The maximum absolute atomic E-state index is 12.4. The number of rotatable bonds is 10. The first kappa shape index (κ1) is 26.5. The number of carbonyl (C=O) groups excluding carboxylic acids is 2. The Hall–Kier alpha value is -3.07. The van der Waals surface area contributed by atoms with Crippen LogP contribution in [-0.4, -0.2) is 94.0 Å². The molecule has 192 valence electrons. The topological polar surface area (TPSA) is 146 Å². The number of hydrazine groups is 1. The number of benzene rings is 1. The molecule has 3 unspecified atom stereocenters. The zero-order valence-corrected chi connectivity index (χ0v) is 20.0. The van der Waals surface area contributed by atoms with Gasteiger partial charge in [0.25, 0.3) is 5.91 Å². The second kappa shape index (κ2) is 11.6. The molecular weight excluding hydrogens is 462 g/mol. The predicted octanol–water partition coefficient (Wildman–Crippen LogP) is -0.264. The maximum atomic E-state index is 12.4. The largest absolute Gasteiger partial charge is 0.462 e. The summed E-state index contributed by atoms with van der Waals surface area (Å²) in [4.78, 5) is 35.4. The van der Waals surface area contributed by atoms with E-state index >= 15 is 0 Å². The van der Waals surface area contributed by atoms with Gasteiger partial charge in [-0.25, -0.2) is 9.85 Å². The zero-order valence-electron chi connectivity index (χ0n) is 20.0. The molecule has 0 spiro atoms. The van der Waals surface area contributed by atoms with Gasteiger partial charge in [-0.2, -0.15) is 10.1 Å². The number of para-hydroxylation sites is 1. The van der Waals surface area contributed by atoms with Crippen LogP contribution in [0.15, 0.2) is 47.8 Å². The summed E-state index contributed by atoms with van der Waals surface area (Å²) in [6.07, 6.45) is -4.17. The molecule has 5 atom stereocenters. The SMILES string of the molecule is C=C1NC(=O)C=NN1C1OC(CON(Oc2ccccc2)N(C)C(C)C(=O)OC(C)C)[C@@H](O)[C@H]1O. The highest BCUT2D eigenvalue weighted by atomic mass is 17.0. The van der Waals surface area contributed by atoms with E-state index in [1.165, 1.54) is 5.01 Å². The molecule has 1 amide bonds. The summed E-state index contributed by atoms with van der Waals surface area (Å²) in [6, 6.07) is 7.93. The monoisotopic (exact) mass is 493 g/mol. The number of aliphatic hydroxyl groups excluding tert-OH is 2. The van der Waals surface area contributed by atoms with Gasteiger partial charge in [-0.05, 0) is 32.9 Å². The second-order valence-corrected chi connectivity index (χ2v) is 8.24. The molecule has 0 aromatic heterocycles. The van der Waals surface area contributed by atoms with E-state index < -0.39 is 42.5 Å². The number of amides is 1. The molecule has 2 aliphatic heterocycles. The molecule has 2 aliphatic rings. The zero-order chi connectivity index (χ0) is 25.7. The van der Waals surface area contributed by atoms with Crippen molar-refractivity contribution in [3.63, 3.8) is 0 Å². The van der Waals surface area contributed by atoms with Crippen LogP contribution in [0, 0.1) is 0 Å². The van der Waals surface area contributed by atoms with Crippen molar-refractivity contribution in [2.24, 2.45) is 5.10 Å². The van der Waals surface area contributed by atoms with Crippen molar-refractivity contribution in [3.05, 3.63) is 42.7 Å². The average Bonchev–Trinajstić information content (AvgIpc) is 3.09. The van der Waals surface area contributed by atoms with Crippen LogP contribution >= 0.6 is 0 Å². The van der Waals surface area contributed by atoms with Crippen molar-refractivity contribution < 1.29 is 39.0 Å². The number of nitrogens with zero attached hydrogens (tertiary/aromatic N) is 4. The molecule has 35 heavy (non-hydrogen) atoms. The van der Waals surface area contributed by atoms with E-state index in [1.54, 1.807) is 52.1 Å². The Balaban J connectivity index is 1.70. The van der Waals surface area contributed by atoms with Crippen LogP contribution < -0.4 is 10.2 Å². The fraction of sp³-hybridized carbons (Fsp3) is 0.500. The van der Waals surface area contributed by atoms with Crippen LogP contribution in [-0.2, 0) is 23.9 Å². The van der Waals surface area contributed by atoms with Crippen molar-refractivity contribution >= 4 is 18.1 Å². The van der Waals surface area contributed by atoms with Gasteiger partial charge in [0, 0.05) is 7.05 Å². The van der Waals surface area contributed by atoms with Gasteiger partial charge >= 0.3 is 5.97 Å². The van der Waals surface area contributed by atoms with E-state index in [0.29, 0.717) is 5.75 Å². The number of carbonyl (C=O) groups is 2. The van der Waals surface area contributed by atoms with Crippen molar-refractivity contribution in [3.8, 4) is 5.75 Å². The Labute approximate surface area is 203 Å². The highest BCUT2D eigenvalue weighted by molar-refractivity contribution is 6.27. The fourth-order valence-corrected chi connectivity index (χ4v) is 3.22. The van der Waals surface area contributed by atoms with Gasteiger partial charge in [-0.3, -0.25) is 9.59 Å². The third-order valence-electron chi connectivity index (χ3n) is 5.21. The van der Waals surface area contributed by atoms with Gasteiger partial charge in [0.2, 0.25) is 0 Å². The molecule has 3 N–H and O–H groups in total. The van der Waals surface area contributed by atoms with Gasteiger partial charge in [-0.1, -0.05) is 24.8 Å². The van der Waals surface area contributed by atoms with Crippen LogP contribution in [0.5, 0.6) is 5.75 Å². The molecule has 1 aromatic rings. The first-order valence-corrected chi connectivity index (χ1v) is 11.0. The normalized spacial score (nSPS) is 25.3. The molecule has 1 aromatic carbocycles. The lowest BCUT2D eigenvalue weighted by Crippen LogP contribution is -2.51. The highest BCUT2D eigenvalue weighted by Gasteiger charge is 2.47. The van der Waals surface area contributed by atoms with Gasteiger partial charge in [-0.15, -0.1) is 0 Å². The van der Waals surface area contributed by atoms with Crippen LogP contribution in [0.3, 0.4) is 0 Å². The van der Waals surface area contributed by atoms with Crippen LogP contribution in [0.25, 0.3) is 0 Å². The van der Waals surface area contributed by atoms with E-state index in [9.17, 15) is 19.8 Å². The number of likely N-dealkylation sites (N-methyl/N-ethyl adjacent to an activating group) is 1. The second-order valence-electron chi connectivity index (χ2n) is 8.24. The van der Waals surface area contributed by atoms with Crippen molar-refractivity contribution in [1.29, 1.82) is 0 Å². The minimum atomic E-state index is -1.38. The maximum Gasteiger partial charge on any atom is 0.324 e. The predicted molar refractivity (Wildman–Crippen MR) is 122 cm³/mol. The first-order chi connectivity index (χ1) is 16.6. The number of ether oxygens (including phenoxy) is 2. The Bertz CT molecular complexity index is 930. The van der Waals surface area contributed by atoms with E-state index in [-0.39, 0.29) is 18.5 Å². The number of hydrogen-bond acceptors (Lipinski definition) is 12. The molecule has 13 nitrogen and oxygen atoms in total. The number of aliphatic hydroxyl groups is 2. The Kier molecular flexibility index (Phi) is 8.77. The standard InChI is InChI=1S/C22H31N5O8/c1-13(2)33-22(31)14(3)25(5)27(35-16-9-7-6-8-10-16)32-12-17-19(29)20(30)21(34-17)26-15(4)24-18(28)11-23-26/h6-11,13-14,17,19-21,29-30H,4,12H2,1-3,5H3,(H,24,28)/t14?,17?,19-,20-,21?/m1/s1. The minimum absolute atomic E-state index is 0.0848. The quantitative estimate of drug-likeness (QED) is 0.293. The third-order valence-corrected chi connectivity index (χ3v) is 5.21. The average molecular weight is 494 g/mol. The van der Waals surface area contributed by atoms with E-state index in [1.807, 2.05) is 6.07 Å². The lowest BCUT2D eigenvalue weighted by atomic mass is 10.1. The van der Waals surface area contributed by atoms with Gasteiger partial charge < -0.3 is 29.8 Å². The van der Waals surface area contributed by atoms with Crippen LogP contribution in [0.1, 0.15) is 20.8 Å². The third kappa shape index (κ3) is 6.54. The fourth-order valence-electron chi connectivity index (χ4n) is 3.22. The first-order valence-electron chi connectivity index (χ1n) is 11.0. The Morgan fingerprint density at radius 3 is 2.57 bits per heavy atom. The summed E-state index contributed by atoms with van der Waals surface area (Å²) in [5, 5.41) is 30.9. The number of esters is 1. The molecule has 0 aliphatic carbocycles. The minimum Gasteiger partial charge on any atom is -0.462 e. The summed E-state index contributed by atoms with van der Waals surface area (Å²) in [5.74, 6) is -0.462. The summed E-state index contributed by atoms with van der Waals surface area (Å²) >= 11 is 0. The van der Waals surface area contributed by atoms with Crippen LogP contribution in [0.2, 0.25) is 0 Å². The van der Waals surface area contributed by atoms with E-state index in [4.69, 9.17) is 19.1 Å². The van der Waals surface area contributed by atoms with Crippen molar-refractivity contribution in [2.45, 2.75) is 57.5 Å². The molecule has 1 fully saturated rings. The Morgan fingerprint density at radius 1 is 1.26 bits per heavy atom. The molecule has 0 bridgehead atoms. The van der Waals surface area contributed by atoms with Gasteiger partial charge in [0.1, 0.15) is 43.0 Å². The molecule has 2 heterocycles. The molecule has 3 rings (SSSR count). The van der Waals surface area contributed by atoms with Crippen molar-refractivity contribution in [2.75, 3.05) is 13.7 Å². The molecule has 0 radical (unpaired) electrons. The number of nitrogens with one attached hydrogen (secondary N) is 1. The molecule has 1 saturated heterocycles. The molecule has 0 saturated carbocycles. The summed E-state index contributed by atoms with van der Waals surface area (Å²) in [5.41, 5.74) is 0.